The highest BCUT2D eigenvalue weighted by atomic mass is 79.9. The fourth-order valence-corrected chi connectivity index (χ4v) is 9.58. The van der Waals surface area contributed by atoms with Gasteiger partial charge in [-0.25, -0.2) is 26.3 Å². The summed E-state index contributed by atoms with van der Waals surface area (Å²) < 4.78 is 66.5. The molecule has 0 bridgehead atoms. The predicted octanol–water partition coefficient (Wildman–Crippen LogP) is 10.2. The second-order valence-electron chi connectivity index (χ2n) is 10.8. The molecule has 0 amide bonds. The predicted molar refractivity (Wildman–Crippen MR) is 208 cm³/mol. The first kappa shape index (κ1) is 37.5. The first-order valence-corrected chi connectivity index (χ1v) is 21.0. The van der Waals surface area contributed by atoms with Gasteiger partial charge in [0.15, 0.2) is 0 Å². The summed E-state index contributed by atoms with van der Waals surface area (Å²) in [4.78, 5) is 1.67. The molecule has 0 aliphatic rings. The van der Waals surface area contributed by atoms with Crippen molar-refractivity contribution in [3.8, 4) is 0 Å². The van der Waals surface area contributed by atoms with Crippen molar-refractivity contribution in [1.29, 1.82) is 0 Å². The molecule has 0 radical (unpaired) electrons. The van der Waals surface area contributed by atoms with Crippen LogP contribution >= 0.6 is 54.5 Å². The van der Waals surface area contributed by atoms with E-state index in [0.29, 0.717) is 30.1 Å². The van der Waals surface area contributed by atoms with Crippen LogP contribution in [0.2, 0.25) is 0 Å². The van der Waals surface area contributed by atoms with E-state index >= 15 is 0 Å². The number of hydrogen-bond acceptors (Lipinski definition) is 10. The molecular weight excluding hydrogens is 848 g/mol. The van der Waals surface area contributed by atoms with Gasteiger partial charge in [-0.15, -0.1) is 22.7 Å². The van der Waals surface area contributed by atoms with Crippen LogP contribution < -0.4 is 9.44 Å². The van der Waals surface area contributed by atoms with E-state index < -0.39 is 20.0 Å². The first-order chi connectivity index (χ1) is 23.7. The fourth-order valence-electron chi connectivity index (χ4n) is 4.20. The van der Waals surface area contributed by atoms with E-state index in [1.807, 2.05) is 74.5 Å². The van der Waals surface area contributed by atoms with Crippen LogP contribution in [0.15, 0.2) is 99.2 Å². The number of rotatable bonds is 10. The molecule has 260 valence electrons. The minimum absolute atomic E-state index is 0.0668. The van der Waals surface area contributed by atoms with Crippen LogP contribution in [0.25, 0.3) is 24.3 Å². The molecule has 6 aromatic rings. The van der Waals surface area contributed by atoms with Gasteiger partial charge in [-0.1, -0.05) is 82.1 Å². The Kier molecular flexibility index (Phi) is 12.0. The van der Waals surface area contributed by atoms with Gasteiger partial charge in [-0.05, 0) is 106 Å². The molecule has 0 fully saturated rings. The zero-order valence-electron chi connectivity index (χ0n) is 27.0. The van der Waals surface area contributed by atoms with Crippen molar-refractivity contribution in [3.63, 3.8) is 0 Å². The number of aromatic nitrogens is 2. The van der Waals surface area contributed by atoms with Crippen LogP contribution in [0.5, 0.6) is 0 Å². The van der Waals surface area contributed by atoms with Gasteiger partial charge in [-0.3, -0.25) is 0 Å². The van der Waals surface area contributed by atoms with Crippen LogP contribution in [0.1, 0.15) is 43.4 Å². The SMILES string of the molecule is Cc1ccc(/C=C/c2sccc2S(=O)(=O)Nc2onc(C)c2Br)cc1.Cc1ccc(/C=C/c2sccc2S(=O)(=O)Nc2onc(C)c2Br)cc1. The van der Waals surface area contributed by atoms with Crippen molar-refractivity contribution >= 4 is 111 Å². The second kappa shape index (κ2) is 16.0. The highest BCUT2D eigenvalue weighted by Crippen LogP contribution is 2.32. The van der Waals surface area contributed by atoms with Gasteiger partial charge in [0.1, 0.15) is 18.7 Å². The van der Waals surface area contributed by atoms with E-state index in [1.165, 1.54) is 33.8 Å². The van der Waals surface area contributed by atoms with Crippen molar-refractivity contribution < 1.29 is 25.9 Å². The smallest absolute Gasteiger partial charge is 0.265 e. The number of nitrogens with zero attached hydrogens (tertiary/aromatic N) is 2. The lowest BCUT2D eigenvalue weighted by Gasteiger charge is -2.04. The summed E-state index contributed by atoms with van der Waals surface area (Å²) in [7, 11) is -7.55. The maximum atomic E-state index is 12.7. The Morgan fingerprint density at radius 1 is 0.580 bits per heavy atom. The number of aryl methyl sites for hydroxylation is 4. The molecule has 10 nitrogen and oxygen atoms in total. The third-order valence-corrected chi connectivity index (χ3v) is 13.6. The number of nitrogens with one attached hydrogen (secondary N) is 2. The lowest BCUT2D eigenvalue weighted by molar-refractivity contribution is 0.430. The van der Waals surface area contributed by atoms with Gasteiger partial charge < -0.3 is 9.05 Å². The molecule has 0 spiro atoms. The molecule has 0 aliphatic heterocycles. The number of anilines is 2. The third kappa shape index (κ3) is 9.30. The first-order valence-electron chi connectivity index (χ1n) is 14.7. The van der Waals surface area contributed by atoms with Gasteiger partial charge in [-0.2, -0.15) is 0 Å². The maximum absolute atomic E-state index is 12.7. The highest BCUT2D eigenvalue weighted by Gasteiger charge is 2.24. The Morgan fingerprint density at radius 2 is 0.940 bits per heavy atom. The van der Waals surface area contributed by atoms with Crippen LogP contribution in [-0.2, 0) is 20.0 Å². The maximum Gasteiger partial charge on any atom is 0.265 e. The van der Waals surface area contributed by atoms with Crippen molar-refractivity contribution in [2.24, 2.45) is 0 Å². The fraction of sp³-hybridized carbons (Fsp3) is 0.118. The molecule has 6 rings (SSSR count). The van der Waals surface area contributed by atoms with Crippen molar-refractivity contribution in [1.82, 2.24) is 10.3 Å². The zero-order valence-corrected chi connectivity index (χ0v) is 33.4. The molecule has 16 heteroatoms. The van der Waals surface area contributed by atoms with E-state index in [4.69, 9.17) is 9.05 Å². The number of thiophene rings is 2. The van der Waals surface area contributed by atoms with Gasteiger partial charge in [0.25, 0.3) is 31.8 Å². The number of benzene rings is 2. The number of halogens is 2. The lowest BCUT2D eigenvalue weighted by Crippen LogP contribution is -2.12. The highest BCUT2D eigenvalue weighted by molar-refractivity contribution is 9.11. The van der Waals surface area contributed by atoms with E-state index in [0.717, 1.165) is 11.1 Å². The quantitative estimate of drug-likeness (QED) is 0.138. The normalized spacial score (nSPS) is 12.0. The Balaban J connectivity index is 0.000000194. The molecule has 2 aromatic carbocycles. The standard InChI is InChI=1S/2C17H15BrN2O3S2/c2*1-11-3-5-13(6-4-11)7-8-14-15(9-10-24-14)25(21,22)20-17-16(18)12(2)19-23-17/h2*3-10,20H,1-2H3/b2*8-7+. The molecular formula is C34H30Br2N4O6S4. The van der Waals surface area contributed by atoms with Gasteiger partial charge in [0.2, 0.25) is 0 Å². The lowest BCUT2D eigenvalue weighted by atomic mass is 10.1. The van der Waals surface area contributed by atoms with Crippen molar-refractivity contribution in [2.75, 3.05) is 9.44 Å². The van der Waals surface area contributed by atoms with Crippen LogP contribution in [0.4, 0.5) is 11.8 Å². The van der Waals surface area contributed by atoms with Gasteiger partial charge in [0.05, 0.1) is 11.4 Å². The second-order valence-corrected chi connectivity index (χ2v) is 17.6. The molecule has 0 saturated carbocycles. The summed E-state index contributed by atoms with van der Waals surface area (Å²) in [6.07, 6.45) is 7.37. The van der Waals surface area contributed by atoms with E-state index in [2.05, 4.69) is 51.6 Å². The monoisotopic (exact) mass is 876 g/mol. The number of sulfonamides is 2. The molecule has 2 N–H and O–H groups in total. The summed E-state index contributed by atoms with van der Waals surface area (Å²) in [5, 5.41) is 10.9. The topological polar surface area (TPSA) is 144 Å². The van der Waals surface area contributed by atoms with Gasteiger partial charge in [0, 0.05) is 9.75 Å². The molecule has 0 saturated heterocycles. The van der Waals surface area contributed by atoms with E-state index in [-0.39, 0.29) is 21.6 Å². The number of hydrogen-bond donors (Lipinski definition) is 2. The van der Waals surface area contributed by atoms with Crippen LogP contribution in [0, 0.1) is 27.7 Å². The van der Waals surface area contributed by atoms with Crippen molar-refractivity contribution in [3.05, 3.63) is 124 Å². The molecule has 4 heterocycles. The zero-order chi connectivity index (χ0) is 36.1. The Labute approximate surface area is 315 Å². The molecule has 4 aromatic heterocycles. The van der Waals surface area contributed by atoms with E-state index in [9.17, 15) is 16.8 Å². The van der Waals surface area contributed by atoms with Gasteiger partial charge >= 0.3 is 0 Å². The minimum atomic E-state index is -3.78. The minimum Gasteiger partial charge on any atom is -0.336 e. The average Bonchev–Trinajstić information content (AvgIpc) is 3.89. The van der Waals surface area contributed by atoms with Crippen molar-refractivity contribution in [2.45, 2.75) is 37.5 Å². The molecule has 0 unspecified atom stereocenters. The summed E-state index contributed by atoms with van der Waals surface area (Å²) in [5.41, 5.74) is 5.50. The Bertz CT molecular complexity index is 2210. The Hall–Kier alpha value is -3.80. The third-order valence-electron chi connectivity index (χ3n) is 6.94. The molecule has 0 aliphatic carbocycles. The summed E-state index contributed by atoms with van der Waals surface area (Å²) >= 11 is 9.22. The summed E-state index contributed by atoms with van der Waals surface area (Å²) in [6, 6.07) is 19.1. The average molecular weight is 879 g/mol. The summed E-state index contributed by atoms with van der Waals surface area (Å²) in [5.74, 6) is 0.134. The van der Waals surface area contributed by atoms with Crippen LogP contribution in [-0.4, -0.2) is 27.1 Å². The summed E-state index contributed by atoms with van der Waals surface area (Å²) in [6.45, 7) is 7.47. The largest absolute Gasteiger partial charge is 0.336 e. The molecule has 0 atom stereocenters. The Morgan fingerprint density at radius 3 is 1.26 bits per heavy atom. The van der Waals surface area contributed by atoms with Crippen LogP contribution in [0.3, 0.4) is 0 Å². The van der Waals surface area contributed by atoms with E-state index in [1.54, 1.807) is 48.9 Å². The molecule has 50 heavy (non-hydrogen) atoms.